The molecule has 0 saturated heterocycles. The Morgan fingerprint density at radius 2 is 1.19 bits per heavy atom. The molecule has 0 aliphatic carbocycles. The van der Waals surface area contributed by atoms with Crippen LogP contribution in [-0.2, 0) is 6.18 Å². The first-order chi connectivity index (χ1) is 14.7. The molecule has 0 spiro atoms. The van der Waals surface area contributed by atoms with Crippen LogP contribution < -0.4 is 5.56 Å². The van der Waals surface area contributed by atoms with Crippen molar-refractivity contribution in [3.8, 4) is 5.69 Å². The maximum absolute atomic E-state index is 14.0. The maximum atomic E-state index is 14.0. The van der Waals surface area contributed by atoms with Gasteiger partial charge in [0.2, 0.25) is 11.6 Å². The molecule has 0 aliphatic rings. The summed E-state index contributed by atoms with van der Waals surface area (Å²) in [5.41, 5.74) is -10.2. The lowest BCUT2D eigenvalue weighted by atomic mass is 10.0. The fourth-order valence-corrected chi connectivity index (χ4v) is 2.63. The predicted octanol–water partition coefficient (Wildman–Crippen LogP) is 4.53. The first-order valence-electron chi connectivity index (χ1n) is 7.81. The van der Waals surface area contributed by atoms with E-state index < -0.39 is 91.2 Å². The minimum absolute atomic E-state index is 0.0733. The average molecular weight is 476 g/mol. The Kier molecular flexibility index (Phi) is 5.39. The van der Waals surface area contributed by atoms with Gasteiger partial charge in [0.1, 0.15) is 11.3 Å². The number of carbonyl (C=O) groups is 1. The highest BCUT2D eigenvalue weighted by Crippen LogP contribution is 2.32. The molecule has 15 heteroatoms. The summed E-state index contributed by atoms with van der Waals surface area (Å²) in [5.74, 6) is -21.6. The molecule has 170 valence electrons. The normalized spacial score (nSPS) is 11.8. The molecule has 3 rings (SSSR count). The minimum Gasteiger partial charge on any atom is -0.288 e. The van der Waals surface area contributed by atoms with Gasteiger partial charge in [-0.1, -0.05) is 0 Å². The standard InChI is InChI=1S/C17H3F11N2O2/c18-4-1-3(2-5(19)7(4)20)14(31)6-15(17(26,27)28)29-30(16(6)32)13-11(24)9(22)8(21)10(23)12(13)25/h1-2,29H. The van der Waals surface area contributed by atoms with Crippen LogP contribution in [0.5, 0.6) is 0 Å². The van der Waals surface area contributed by atoms with E-state index in [0.717, 1.165) is 5.10 Å². The van der Waals surface area contributed by atoms with Crippen LogP contribution in [-0.4, -0.2) is 15.6 Å². The molecule has 0 bridgehead atoms. The van der Waals surface area contributed by atoms with E-state index in [9.17, 15) is 57.9 Å². The van der Waals surface area contributed by atoms with Gasteiger partial charge in [-0.25, -0.2) is 39.8 Å². The maximum Gasteiger partial charge on any atom is 0.433 e. The van der Waals surface area contributed by atoms with Crippen molar-refractivity contribution in [3.05, 3.63) is 85.8 Å². The van der Waals surface area contributed by atoms with Gasteiger partial charge in [-0.05, 0) is 12.1 Å². The van der Waals surface area contributed by atoms with E-state index in [1.165, 1.54) is 0 Å². The summed E-state index contributed by atoms with van der Waals surface area (Å²) in [4.78, 5) is 24.7. The summed E-state index contributed by atoms with van der Waals surface area (Å²) in [5, 5.41) is 1.01. The van der Waals surface area contributed by atoms with Gasteiger partial charge in [-0.15, -0.1) is 0 Å². The average Bonchev–Trinajstić information content (AvgIpc) is 3.05. The fourth-order valence-electron chi connectivity index (χ4n) is 2.63. The molecule has 4 nitrogen and oxygen atoms in total. The Hall–Kier alpha value is -3.65. The molecule has 3 aromatic rings. The number of ketones is 1. The molecule has 0 radical (unpaired) electrons. The number of hydrogen-bond acceptors (Lipinski definition) is 2. The molecule has 0 unspecified atom stereocenters. The van der Waals surface area contributed by atoms with Crippen molar-refractivity contribution in [2.45, 2.75) is 6.18 Å². The lowest BCUT2D eigenvalue weighted by Crippen LogP contribution is -2.24. The summed E-state index contributed by atoms with van der Waals surface area (Å²) in [6, 6.07) is -0.147. The lowest BCUT2D eigenvalue weighted by molar-refractivity contribution is -0.141. The van der Waals surface area contributed by atoms with Gasteiger partial charge in [0.25, 0.3) is 5.56 Å². The lowest BCUT2D eigenvalue weighted by Gasteiger charge is -2.08. The van der Waals surface area contributed by atoms with Crippen molar-refractivity contribution >= 4 is 5.78 Å². The highest BCUT2D eigenvalue weighted by Gasteiger charge is 2.42. The van der Waals surface area contributed by atoms with Crippen LogP contribution >= 0.6 is 0 Å². The molecule has 0 saturated carbocycles. The van der Waals surface area contributed by atoms with E-state index in [-0.39, 0.29) is 12.1 Å². The number of H-pyrrole nitrogens is 1. The fraction of sp³-hybridized carbons (Fsp3) is 0.0588. The second kappa shape index (κ2) is 7.49. The third kappa shape index (κ3) is 3.42. The Bertz CT molecular complexity index is 1290. The summed E-state index contributed by atoms with van der Waals surface area (Å²) in [7, 11) is 0. The summed E-state index contributed by atoms with van der Waals surface area (Å²) in [6.45, 7) is 0. The first kappa shape index (κ1) is 23.0. The van der Waals surface area contributed by atoms with Gasteiger partial charge in [0, 0.05) is 5.56 Å². The molecular weight excluding hydrogens is 473 g/mol. The first-order valence-corrected chi connectivity index (χ1v) is 7.81. The van der Waals surface area contributed by atoms with Crippen LogP contribution in [0.1, 0.15) is 21.6 Å². The molecule has 1 N–H and O–H groups in total. The van der Waals surface area contributed by atoms with E-state index in [1.807, 2.05) is 0 Å². The molecule has 1 heterocycles. The quantitative estimate of drug-likeness (QED) is 0.262. The van der Waals surface area contributed by atoms with E-state index in [2.05, 4.69) is 0 Å². The Labute approximate surface area is 167 Å². The smallest absolute Gasteiger partial charge is 0.288 e. The van der Waals surface area contributed by atoms with Crippen LogP contribution in [0.2, 0.25) is 0 Å². The van der Waals surface area contributed by atoms with Gasteiger partial charge in [0.05, 0.1) is 0 Å². The van der Waals surface area contributed by atoms with Crippen LogP contribution in [0.3, 0.4) is 0 Å². The molecular formula is C17H3F11N2O2. The van der Waals surface area contributed by atoms with Gasteiger partial charge in [0.15, 0.2) is 46.4 Å². The SMILES string of the molecule is O=C(c1cc(F)c(F)c(F)c1)c1c(C(F)(F)F)[nH]n(-c2c(F)c(F)c(F)c(F)c2F)c1=O. The van der Waals surface area contributed by atoms with E-state index in [0.29, 0.717) is 0 Å². The van der Waals surface area contributed by atoms with Crippen molar-refractivity contribution in [3.63, 3.8) is 0 Å². The summed E-state index contributed by atoms with van der Waals surface area (Å²) in [6.07, 6.45) is -5.67. The number of hydrogen-bond donors (Lipinski definition) is 1. The number of aromatic amines is 1. The largest absolute Gasteiger partial charge is 0.433 e. The third-order valence-electron chi connectivity index (χ3n) is 4.06. The number of aromatic nitrogens is 2. The van der Waals surface area contributed by atoms with Crippen LogP contribution in [0.25, 0.3) is 5.69 Å². The predicted molar refractivity (Wildman–Crippen MR) is 80.9 cm³/mol. The zero-order chi connectivity index (χ0) is 24.3. The van der Waals surface area contributed by atoms with Gasteiger partial charge >= 0.3 is 6.18 Å². The molecule has 0 amide bonds. The van der Waals surface area contributed by atoms with Crippen LogP contribution in [0, 0.1) is 46.5 Å². The van der Waals surface area contributed by atoms with Gasteiger partial charge in [-0.3, -0.25) is 14.7 Å². The Morgan fingerprint density at radius 1 is 0.750 bits per heavy atom. The molecule has 0 atom stereocenters. The second-order valence-corrected chi connectivity index (χ2v) is 6.00. The van der Waals surface area contributed by atoms with Crippen molar-refractivity contribution in [1.29, 1.82) is 0 Å². The number of alkyl halides is 3. The highest BCUT2D eigenvalue weighted by atomic mass is 19.4. The van der Waals surface area contributed by atoms with Gasteiger partial charge in [-0.2, -0.15) is 13.2 Å². The molecule has 1 aromatic heterocycles. The van der Waals surface area contributed by atoms with E-state index in [4.69, 9.17) is 0 Å². The molecule has 32 heavy (non-hydrogen) atoms. The van der Waals surface area contributed by atoms with Crippen LogP contribution in [0.4, 0.5) is 48.3 Å². The van der Waals surface area contributed by atoms with Crippen molar-refractivity contribution in [1.82, 2.24) is 9.78 Å². The number of nitrogens with zero attached hydrogens (tertiary/aromatic N) is 1. The number of rotatable bonds is 3. The third-order valence-corrected chi connectivity index (χ3v) is 4.06. The van der Waals surface area contributed by atoms with Gasteiger partial charge < -0.3 is 0 Å². The van der Waals surface area contributed by atoms with E-state index in [1.54, 1.807) is 0 Å². The van der Waals surface area contributed by atoms with E-state index >= 15 is 0 Å². The molecule has 0 fully saturated rings. The zero-order valence-electron chi connectivity index (χ0n) is 14.6. The zero-order valence-corrected chi connectivity index (χ0v) is 14.6. The number of halogens is 11. The number of carbonyl (C=O) groups excluding carboxylic acids is 1. The van der Waals surface area contributed by atoms with Crippen LogP contribution in [0.15, 0.2) is 16.9 Å². The highest BCUT2D eigenvalue weighted by molar-refractivity contribution is 6.09. The second-order valence-electron chi connectivity index (χ2n) is 6.00. The van der Waals surface area contributed by atoms with Crippen molar-refractivity contribution in [2.24, 2.45) is 0 Å². The number of benzene rings is 2. The minimum atomic E-state index is -5.67. The Balaban J connectivity index is 2.37. The molecule has 2 aromatic carbocycles. The Morgan fingerprint density at radius 3 is 1.62 bits per heavy atom. The van der Waals surface area contributed by atoms with Crippen molar-refractivity contribution < 1.29 is 53.1 Å². The summed E-state index contributed by atoms with van der Waals surface area (Å²) < 4.78 is 147. The monoisotopic (exact) mass is 476 g/mol. The molecule has 0 aliphatic heterocycles. The topological polar surface area (TPSA) is 54.9 Å². The van der Waals surface area contributed by atoms with Crippen molar-refractivity contribution in [2.75, 3.05) is 0 Å². The summed E-state index contributed by atoms with van der Waals surface area (Å²) >= 11 is 0. The number of nitrogens with one attached hydrogen (secondary N) is 1.